The summed E-state index contributed by atoms with van der Waals surface area (Å²) in [5.74, 6) is -0.277. The van der Waals surface area contributed by atoms with Gasteiger partial charge >= 0.3 is 0 Å². The lowest BCUT2D eigenvalue weighted by Crippen LogP contribution is -2.55. The van der Waals surface area contributed by atoms with Crippen LogP contribution < -0.4 is 10.6 Å². The van der Waals surface area contributed by atoms with Gasteiger partial charge < -0.3 is 10.6 Å². The predicted octanol–water partition coefficient (Wildman–Crippen LogP) is -0.823. The summed E-state index contributed by atoms with van der Waals surface area (Å²) >= 11 is 0. The second-order valence-corrected chi connectivity index (χ2v) is 2.36. The zero-order valence-electron chi connectivity index (χ0n) is 6.09. The van der Waals surface area contributed by atoms with Crippen molar-refractivity contribution in [1.82, 2.24) is 10.6 Å². The van der Waals surface area contributed by atoms with Crippen molar-refractivity contribution in [2.24, 2.45) is 0 Å². The molecule has 1 aliphatic rings. The van der Waals surface area contributed by atoms with E-state index in [2.05, 4.69) is 17.2 Å². The van der Waals surface area contributed by atoms with Crippen molar-refractivity contribution >= 4 is 11.8 Å². The van der Waals surface area contributed by atoms with E-state index in [9.17, 15) is 9.59 Å². The molecule has 1 fully saturated rings. The minimum Gasteiger partial charge on any atom is -0.345 e. The number of nitrogens with one attached hydrogen (secondary N) is 2. The van der Waals surface area contributed by atoms with Gasteiger partial charge in [0.05, 0.1) is 6.54 Å². The molecule has 1 aliphatic heterocycles. The van der Waals surface area contributed by atoms with Gasteiger partial charge in [-0.1, -0.05) is 6.08 Å². The first kappa shape index (κ1) is 7.78. The minimum atomic E-state index is -0.422. The topological polar surface area (TPSA) is 58.2 Å². The molecule has 4 heteroatoms. The van der Waals surface area contributed by atoms with Crippen LogP contribution in [-0.4, -0.2) is 24.4 Å². The van der Waals surface area contributed by atoms with Gasteiger partial charge in [-0.15, -0.1) is 6.58 Å². The largest absolute Gasteiger partial charge is 0.345 e. The third kappa shape index (κ3) is 1.80. The first-order valence-electron chi connectivity index (χ1n) is 3.42. The fourth-order valence-corrected chi connectivity index (χ4v) is 0.934. The summed E-state index contributed by atoms with van der Waals surface area (Å²) in [4.78, 5) is 21.7. The number of amides is 2. The quantitative estimate of drug-likeness (QED) is 0.510. The van der Waals surface area contributed by atoms with Gasteiger partial charge in [0.15, 0.2) is 0 Å². The summed E-state index contributed by atoms with van der Waals surface area (Å²) in [5, 5.41) is 5.01. The maximum atomic E-state index is 11.0. The lowest BCUT2D eigenvalue weighted by molar-refractivity contribution is -0.133. The van der Waals surface area contributed by atoms with E-state index < -0.39 is 6.04 Å². The predicted molar refractivity (Wildman–Crippen MR) is 39.8 cm³/mol. The molecule has 0 aliphatic carbocycles. The number of carbonyl (C=O) groups excluding carboxylic acids is 2. The SMILES string of the molecule is C=CCC1NC(=O)CNC1=O. The van der Waals surface area contributed by atoms with Crippen LogP contribution in [0.2, 0.25) is 0 Å². The van der Waals surface area contributed by atoms with E-state index in [4.69, 9.17) is 0 Å². The lowest BCUT2D eigenvalue weighted by atomic mass is 10.1. The van der Waals surface area contributed by atoms with Crippen molar-refractivity contribution in [2.75, 3.05) is 6.54 Å². The van der Waals surface area contributed by atoms with E-state index in [1.165, 1.54) is 0 Å². The molecule has 1 atom stereocenters. The Morgan fingerprint density at radius 2 is 2.36 bits per heavy atom. The van der Waals surface area contributed by atoms with Crippen molar-refractivity contribution in [3.05, 3.63) is 12.7 Å². The maximum absolute atomic E-state index is 11.0. The molecule has 60 valence electrons. The molecular weight excluding hydrogens is 144 g/mol. The highest BCUT2D eigenvalue weighted by Gasteiger charge is 2.23. The van der Waals surface area contributed by atoms with Crippen LogP contribution in [0.1, 0.15) is 6.42 Å². The third-order valence-electron chi connectivity index (χ3n) is 1.48. The molecule has 1 heterocycles. The van der Waals surface area contributed by atoms with E-state index in [1.807, 2.05) is 0 Å². The Balaban J connectivity index is 2.53. The molecule has 1 unspecified atom stereocenters. The highest BCUT2D eigenvalue weighted by Crippen LogP contribution is 1.96. The van der Waals surface area contributed by atoms with Gasteiger partial charge in [0.25, 0.3) is 0 Å². The van der Waals surface area contributed by atoms with E-state index in [0.717, 1.165) is 0 Å². The number of carbonyl (C=O) groups is 2. The average Bonchev–Trinajstić information content (AvgIpc) is 1.98. The maximum Gasteiger partial charge on any atom is 0.243 e. The van der Waals surface area contributed by atoms with Crippen molar-refractivity contribution in [3.8, 4) is 0 Å². The molecular formula is C7H10N2O2. The number of piperazine rings is 1. The molecule has 0 radical (unpaired) electrons. The first-order chi connectivity index (χ1) is 5.24. The molecule has 0 aromatic rings. The highest BCUT2D eigenvalue weighted by molar-refractivity contribution is 5.94. The van der Waals surface area contributed by atoms with E-state index in [1.54, 1.807) is 6.08 Å². The second-order valence-electron chi connectivity index (χ2n) is 2.36. The van der Waals surface area contributed by atoms with Crippen LogP contribution in [0.25, 0.3) is 0 Å². The summed E-state index contributed by atoms with van der Waals surface area (Å²) in [6.45, 7) is 3.57. The van der Waals surface area contributed by atoms with Crippen molar-refractivity contribution < 1.29 is 9.59 Å². The molecule has 0 saturated carbocycles. The fraction of sp³-hybridized carbons (Fsp3) is 0.429. The van der Waals surface area contributed by atoms with E-state index >= 15 is 0 Å². The zero-order valence-corrected chi connectivity index (χ0v) is 6.09. The van der Waals surface area contributed by atoms with E-state index in [0.29, 0.717) is 6.42 Å². The summed E-state index contributed by atoms with van der Waals surface area (Å²) in [5.41, 5.74) is 0. The van der Waals surface area contributed by atoms with Crippen LogP contribution >= 0.6 is 0 Å². The van der Waals surface area contributed by atoms with Gasteiger partial charge in [-0.05, 0) is 6.42 Å². The lowest BCUT2D eigenvalue weighted by Gasteiger charge is -2.21. The van der Waals surface area contributed by atoms with Crippen LogP contribution in [0.4, 0.5) is 0 Å². The molecule has 2 N–H and O–H groups in total. The first-order valence-corrected chi connectivity index (χ1v) is 3.42. The number of hydrogen-bond donors (Lipinski definition) is 2. The summed E-state index contributed by atoms with van der Waals surface area (Å²) in [6.07, 6.45) is 2.09. The van der Waals surface area contributed by atoms with E-state index in [-0.39, 0.29) is 18.4 Å². The molecule has 1 rings (SSSR count). The molecule has 11 heavy (non-hydrogen) atoms. The minimum absolute atomic E-state index is 0.0898. The Labute approximate surface area is 64.7 Å². The van der Waals surface area contributed by atoms with Gasteiger partial charge in [0, 0.05) is 0 Å². The standard InChI is InChI=1S/C7H10N2O2/c1-2-3-5-7(11)8-4-6(10)9-5/h2,5H,1,3-4H2,(H,8,11)(H,9,10). The Bertz CT molecular complexity index is 201. The second kappa shape index (κ2) is 3.18. The summed E-state index contributed by atoms with van der Waals surface area (Å²) in [7, 11) is 0. The molecule has 4 nitrogen and oxygen atoms in total. The van der Waals surface area contributed by atoms with Crippen molar-refractivity contribution in [2.45, 2.75) is 12.5 Å². The molecule has 0 aromatic carbocycles. The van der Waals surface area contributed by atoms with Crippen LogP contribution in [0.15, 0.2) is 12.7 Å². The van der Waals surface area contributed by atoms with Crippen molar-refractivity contribution in [3.63, 3.8) is 0 Å². The molecule has 0 aromatic heterocycles. The summed E-state index contributed by atoms with van der Waals surface area (Å²) < 4.78 is 0. The van der Waals surface area contributed by atoms with Gasteiger partial charge in [-0.3, -0.25) is 9.59 Å². The molecule has 0 spiro atoms. The third-order valence-corrected chi connectivity index (χ3v) is 1.48. The summed E-state index contributed by atoms with van der Waals surface area (Å²) in [6, 6.07) is -0.422. The van der Waals surface area contributed by atoms with Crippen LogP contribution in [-0.2, 0) is 9.59 Å². The highest BCUT2D eigenvalue weighted by atomic mass is 16.2. The monoisotopic (exact) mass is 154 g/mol. The van der Waals surface area contributed by atoms with Gasteiger partial charge in [0.2, 0.25) is 11.8 Å². The normalized spacial score (nSPS) is 23.8. The van der Waals surface area contributed by atoms with Gasteiger partial charge in [0.1, 0.15) is 6.04 Å². The Hall–Kier alpha value is -1.32. The molecule has 2 amide bonds. The molecule has 0 bridgehead atoms. The van der Waals surface area contributed by atoms with Crippen LogP contribution in [0.3, 0.4) is 0 Å². The fourth-order valence-electron chi connectivity index (χ4n) is 0.934. The molecule has 1 saturated heterocycles. The van der Waals surface area contributed by atoms with Crippen LogP contribution in [0, 0.1) is 0 Å². The zero-order chi connectivity index (χ0) is 8.27. The Morgan fingerprint density at radius 1 is 1.64 bits per heavy atom. The average molecular weight is 154 g/mol. The number of hydrogen-bond acceptors (Lipinski definition) is 2. The van der Waals surface area contributed by atoms with Gasteiger partial charge in [-0.25, -0.2) is 0 Å². The van der Waals surface area contributed by atoms with Gasteiger partial charge in [-0.2, -0.15) is 0 Å². The van der Waals surface area contributed by atoms with Crippen LogP contribution in [0.5, 0.6) is 0 Å². The Kier molecular flexibility index (Phi) is 2.25. The number of rotatable bonds is 2. The van der Waals surface area contributed by atoms with Crippen molar-refractivity contribution in [1.29, 1.82) is 0 Å². The smallest absolute Gasteiger partial charge is 0.243 e. The Morgan fingerprint density at radius 3 is 3.00 bits per heavy atom.